The highest BCUT2D eigenvalue weighted by Gasteiger charge is 2.09. The number of fused-ring (bicyclic) bond motifs is 1. The molecule has 0 bridgehead atoms. The van der Waals surface area contributed by atoms with Gasteiger partial charge in [0.05, 0.1) is 30.2 Å². The summed E-state index contributed by atoms with van der Waals surface area (Å²) in [4.78, 5) is 30.1. The third kappa shape index (κ3) is 3.76. The van der Waals surface area contributed by atoms with Crippen molar-refractivity contribution >= 4 is 16.8 Å². The summed E-state index contributed by atoms with van der Waals surface area (Å²) in [6, 6.07) is 6.14. The summed E-state index contributed by atoms with van der Waals surface area (Å²) in [5, 5.41) is 8.44. The molecule has 0 aliphatic rings. The Morgan fingerprint density at radius 2 is 2.16 bits per heavy atom. The largest absolute Gasteiger partial charge is 0.356 e. The molecule has 0 atom stereocenters. The van der Waals surface area contributed by atoms with E-state index < -0.39 is 0 Å². The van der Waals surface area contributed by atoms with Crippen molar-refractivity contribution in [1.29, 1.82) is 0 Å². The van der Waals surface area contributed by atoms with E-state index in [-0.39, 0.29) is 17.9 Å². The molecule has 2 N–H and O–H groups in total. The van der Waals surface area contributed by atoms with Gasteiger partial charge in [0.15, 0.2) is 0 Å². The SMILES string of the molecule is Cc1c(CC(=O)NCCCn2ncc3c(C)cccc32)nc[nH]c1=O. The molecule has 0 unspecified atom stereocenters. The van der Waals surface area contributed by atoms with E-state index in [4.69, 9.17) is 0 Å². The first kappa shape index (κ1) is 16.9. The Bertz CT molecular complexity index is 957. The average molecular weight is 339 g/mol. The van der Waals surface area contributed by atoms with Crippen molar-refractivity contribution in [2.45, 2.75) is 33.2 Å². The first-order chi connectivity index (χ1) is 12.1. The van der Waals surface area contributed by atoms with Crippen molar-refractivity contribution in [2.75, 3.05) is 6.54 Å². The molecule has 1 amide bonds. The van der Waals surface area contributed by atoms with Crippen LogP contribution in [-0.2, 0) is 17.8 Å². The zero-order valence-corrected chi connectivity index (χ0v) is 14.4. The lowest BCUT2D eigenvalue weighted by molar-refractivity contribution is -0.120. The van der Waals surface area contributed by atoms with Crippen LogP contribution in [0.15, 0.2) is 35.5 Å². The molecule has 3 aromatic rings. The number of carbonyl (C=O) groups excluding carboxylic acids is 1. The van der Waals surface area contributed by atoms with Crippen LogP contribution in [0, 0.1) is 13.8 Å². The molecule has 0 saturated carbocycles. The maximum atomic E-state index is 12.0. The van der Waals surface area contributed by atoms with Crippen molar-refractivity contribution in [2.24, 2.45) is 0 Å². The highest BCUT2D eigenvalue weighted by molar-refractivity contribution is 5.82. The van der Waals surface area contributed by atoms with E-state index in [9.17, 15) is 9.59 Å². The minimum Gasteiger partial charge on any atom is -0.356 e. The number of amides is 1. The first-order valence-corrected chi connectivity index (χ1v) is 8.27. The van der Waals surface area contributed by atoms with Crippen molar-refractivity contribution in [3.63, 3.8) is 0 Å². The number of nitrogens with one attached hydrogen (secondary N) is 2. The number of hydrogen-bond acceptors (Lipinski definition) is 4. The Morgan fingerprint density at radius 1 is 1.32 bits per heavy atom. The predicted octanol–water partition coefficient (Wildman–Crippen LogP) is 1.49. The Labute approximate surface area is 145 Å². The number of aromatic nitrogens is 4. The van der Waals surface area contributed by atoms with Crippen molar-refractivity contribution in [3.05, 3.63) is 57.9 Å². The number of aryl methyl sites for hydroxylation is 2. The highest BCUT2D eigenvalue weighted by Crippen LogP contribution is 2.17. The molecule has 7 heteroatoms. The van der Waals surface area contributed by atoms with Crippen molar-refractivity contribution in [1.82, 2.24) is 25.1 Å². The summed E-state index contributed by atoms with van der Waals surface area (Å²) < 4.78 is 1.96. The second-order valence-electron chi connectivity index (χ2n) is 6.06. The number of aromatic amines is 1. The van der Waals surface area contributed by atoms with Gasteiger partial charge in [0, 0.05) is 24.0 Å². The van der Waals surface area contributed by atoms with Crippen LogP contribution in [0.4, 0.5) is 0 Å². The van der Waals surface area contributed by atoms with Crippen LogP contribution >= 0.6 is 0 Å². The van der Waals surface area contributed by atoms with Crippen LogP contribution in [0.5, 0.6) is 0 Å². The van der Waals surface area contributed by atoms with Gasteiger partial charge in [0.25, 0.3) is 5.56 Å². The Morgan fingerprint density at radius 3 is 3.00 bits per heavy atom. The minimum atomic E-state index is -0.210. The van der Waals surface area contributed by atoms with E-state index in [1.54, 1.807) is 6.92 Å². The molecule has 2 aromatic heterocycles. The zero-order valence-electron chi connectivity index (χ0n) is 14.4. The number of nitrogens with zero attached hydrogens (tertiary/aromatic N) is 3. The average Bonchev–Trinajstić information content (AvgIpc) is 3.00. The van der Waals surface area contributed by atoms with Gasteiger partial charge >= 0.3 is 0 Å². The number of hydrogen-bond donors (Lipinski definition) is 2. The van der Waals surface area contributed by atoms with E-state index in [0.29, 0.717) is 17.8 Å². The lowest BCUT2D eigenvalue weighted by Gasteiger charge is -2.07. The van der Waals surface area contributed by atoms with Crippen LogP contribution in [-0.4, -0.2) is 32.2 Å². The van der Waals surface area contributed by atoms with E-state index in [2.05, 4.69) is 39.4 Å². The fraction of sp³-hybridized carbons (Fsp3) is 0.333. The van der Waals surface area contributed by atoms with Gasteiger partial charge in [0.1, 0.15) is 0 Å². The van der Waals surface area contributed by atoms with Gasteiger partial charge in [-0.1, -0.05) is 12.1 Å². The van der Waals surface area contributed by atoms with Gasteiger partial charge in [-0.2, -0.15) is 5.10 Å². The third-order valence-electron chi connectivity index (χ3n) is 4.29. The quantitative estimate of drug-likeness (QED) is 0.666. The third-order valence-corrected chi connectivity index (χ3v) is 4.29. The summed E-state index contributed by atoms with van der Waals surface area (Å²) in [7, 11) is 0. The van der Waals surface area contributed by atoms with Crippen LogP contribution in [0.3, 0.4) is 0 Å². The summed E-state index contributed by atoms with van der Waals surface area (Å²) in [6.07, 6.45) is 4.09. The van der Waals surface area contributed by atoms with Gasteiger partial charge in [0.2, 0.25) is 5.91 Å². The molecule has 25 heavy (non-hydrogen) atoms. The topological polar surface area (TPSA) is 92.7 Å². The van der Waals surface area contributed by atoms with Gasteiger partial charge in [-0.15, -0.1) is 0 Å². The summed E-state index contributed by atoms with van der Waals surface area (Å²) in [6.45, 7) is 5.02. The van der Waals surface area contributed by atoms with Gasteiger partial charge in [-0.25, -0.2) is 4.98 Å². The van der Waals surface area contributed by atoms with Gasteiger partial charge in [-0.05, 0) is 31.9 Å². The minimum absolute atomic E-state index is 0.111. The molecule has 3 rings (SSSR count). The summed E-state index contributed by atoms with van der Waals surface area (Å²) in [5.41, 5.74) is 3.09. The lowest BCUT2D eigenvalue weighted by atomic mass is 10.1. The van der Waals surface area contributed by atoms with Crippen LogP contribution in [0.25, 0.3) is 10.9 Å². The second kappa shape index (κ2) is 7.29. The summed E-state index contributed by atoms with van der Waals surface area (Å²) in [5.74, 6) is -0.137. The molecular formula is C18H21N5O2. The molecule has 0 fully saturated rings. The second-order valence-corrected chi connectivity index (χ2v) is 6.06. The number of carbonyl (C=O) groups is 1. The van der Waals surface area contributed by atoms with Gasteiger partial charge in [-0.3, -0.25) is 14.3 Å². The van der Waals surface area contributed by atoms with Crippen LogP contribution < -0.4 is 10.9 Å². The number of rotatable bonds is 6. The maximum Gasteiger partial charge on any atom is 0.253 e. The van der Waals surface area contributed by atoms with E-state index in [1.165, 1.54) is 11.9 Å². The fourth-order valence-electron chi connectivity index (χ4n) is 2.78. The zero-order chi connectivity index (χ0) is 17.8. The molecule has 0 saturated heterocycles. The Kier molecular flexibility index (Phi) is 4.92. The lowest BCUT2D eigenvalue weighted by Crippen LogP contribution is -2.28. The molecule has 0 aliphatic heterocycles. The normalized spacial score (nSPS) is 11.0. The summed E-state index contributed by atoms with van der Waals surface area (Å²) >= 11 is 0. The van der Waals surface area contributed by atoms with Crippen LogP contribution in [0.2, 0.25) is 0 Å². The van der Waals surface area contributed by atoms with E-state index in [0.717, 1.165) is 23.9 Å². The van der Waals surface area contributed by atoms with Crippen LogP contribution in [0.1, 0.15) is 23.2 Å². The van der Waals surface area contributed by atoms with E-state index >= 15 is 0 Å². The maximum absolute atomic E-state index is 12.0. The monoisotopic (exact) mass is 339 g/mol. The predicted molar refractivity (Wildman–Crippen MR) is 95.4 cm³/mol. The molecular weight excluding hydrogens is 318 g/mol. The van der Waals surface area contributed by atoms with E-state index in [1.807, 2.05) is 16.9 Å². The standard InChI is InChI=1S/C18H21N5O2/c1-12-5-3-6-16-14(12)10-22-23(16)8-4-7-19-17(24)9-15-13(2)18(25)21-11-20-15/h3,5-6,10-11H,4,7-9H2,1-2H3,(H,19,24)(H,20,21,25). The Hall–Kier alpha value is -2.96. The fourth-order valence-corrected chi connectivity index (χ4v) is 2.78. The number of benzene rings is 1. The first-order valence-electron chi connectivity index (χ1n) is 8.27. The van der Waals surface area contributed by atoms with Crippen molar-refractivity contribution < 1.29 is 4.79 Å². The molecule has 7 nitrogen and oxygen atoms in total. The molecule has 1 aromatic carbocycles. The smallest absolute Gasteiger partial charge is 0.253 e. The molecule has 0 aliphatic carbocycles. The molecule has 2 heterocycles. The molecule has 0 radical (unpaired) electrons. The molecule has 130 valence electrons. The van der Waals surface area contributed by atoms with Crippen molar-refractivity contribution in [3.8, 4) is 0 Å². The molecule has 0 spiro atoms. The highest BCUT2D eigenvalue weighted by atomic mass is 16.1. The Balaban J connectivity index is 1.51. The van der Waals surface area contributed by atoms with Gasteiger partial charge < -0.3 is 10.3 Å². The number of H-pyrrole nitrogens is 1.